The molecule has 0 aliphatic heterocycles. The van der Waals surface area contributed by atoms with Crippen LogP contribution in [-0.4, -0.2) is 63.4 Å². The van der Waals surface area contributed by atoms with E-state index >= 15 is 0 Å². The third kappa shape index (κ3) is 15.7. The molecule has 9 nitrogen and oxygen atoms in total. The number of hydrogen-bond acceptors (Lipinski definition) is 7. The number of rotatable bonds is 19. The average Bonchev–Trinajstić information content (AvgIpc) is 2.63. The molecule has 0 saturated carbocycles. The van der Waals surface area contributed by atoms with Gasteiger partial charge < -0.3 is 28.7 Å². The first-order valence-electron chi connectivity index (χ1n) is 12.3. The van der Waals surface area contributed by atoms with Crippen molar-refractivity contribution in [3.8, 4) is 0 Å². The van der Waals surface area contributed by atoms with Crippen LogP contribution in [-0.2, 0) is 32.7 Å². The Morgan fingerprint density at radius 3 is 1.23 bits per heavy atom. The highest BCUT2D eigenvalue weighted by Gasteiger charge is 2.41. The van der Waals surface area contributed by atoms with Crippen LogP contribution in [0.25, 0.3) is 0 Å². The standard InChI is InChI=1S/C25H49O9P/c1-19(2)35(30,33-24(7,8)15-17-31-22(3,4)13-11-20(26)27)34-25(9,10)16-18-32-23(5,6)14-12-21(28)29/h19H,11-18H2,1-10H3,(H,26,27)(H,28,29). The Bertz CT molecular complexity index is 672. The van der Waals surface area contributed by atoms with Crippen molar-refractivity contribution in [1.82, 2.24) is 0 Å². The molecule has 0 saturated heterocycles. The molecule has 0 amide bonds. The molecule has 10 heteroatoms. The predicted molar refractivity (Wildman–Crippen MR) is 136 cm³/mol. The van der Waals surface area contributed by atoms with Crippen LogP contribution in [0.1, 0.15) is 108 Å². The molecule has 0 spiro atoms. The fraction of sp³-hybridized carbons (Fsp3) is 0.920. The molecule has 0 aromatic rings. The first-order valence-corrected chi connectivity index (χ1v) is 13.9. The van der Waals surface area contributed by atoms with Gasteiger partial charge in [0, 0.05) is 12.8 Å². The van der Waals surface area contributed by atoms with Crippen molar-refractivity contribution in [3.63, 3.8) is 0 Å². The Morgan fingerprint density at radius 2 is 0.971 bits per heavy atom. The van der Waals surface area contributed by atoms with Gasteiger partial charge in [-0.2, -0.15) is 0 Å². The topological polar surface area (TPSA) is 129 Å². The third-order valence-electron chi connectivity index (χ3n) is 5.66. The maximum atomic E-state index is 13.8. The van der Waals surface area contributed by atoms with E-state index in [4.69, 9.17) is 28.7 Å². The summed E-state index contributed by atoms with van der Waals surface area (Å²) in [5, 5.41) is 17.8. The summed E-state index contributed by atoms with van der Waals surface area (Å²) in [6, 6.07) is 0. The summed E-state index contributed by atoms with van der Waals surface area (Å²) in [7, 11) is -3.51. The van der Waals surface area contributed by atoms with Crippen LogP contribution < -0.4 is 0 Å². The van der Waals surface area contributed by atoms with Crippen molar-refractivity contribution < 1.29 is 42.9 Å². The van der Waals surface area contributed by atoms with E-state index < -0.39 is 41.9 Å². The van der Waals surface area contributed by atoms with Gasteiger partial charge in [-0.3, -0.25) is 14.2 Å². The third-order valence-corrected chi connectivity index (χ3v) is 8.42. The number of carbonyl (C=O) groups is 2. The molecule has 0 aromatic carbocycles. The van der Waals surface area contributed by atoms with Crippen LogP contribution in [0.4, 0.5) is 0 Å². The molecule has 0 rings (SSSR count). The number of aliphatic carboxylic acids is 2. The van der Waals surface area contributed by atoms with E-state index in [1.165, 1.54) is 0 Å². The lowest BCUT2D eigenvalue weighted by molar-refractivity contribution is -0.139. The minimum atomic E-state index is -3.51. The van der Waals surface area contributed by atoms with Gasteiger partial charge in [0.25, 0.3) is 0 Å². The fourth-order valence-electron chi connectivity index (χ4n) is 3.12. The zero-order valence-electron chi connectivity index (χ0n) is 23.4. The van der Waals surface area contributed by atoms with Crippen molar-refractivity contribution in [2.24, 2.45) is 0 Å². The number of carboxylic acids is 2. The minimum absolute atomic E-state index is 0.0266. The monoisotopic (exact) mass is 524 g/mol. The molecule has 0 atom stereocenters. The maximum Gasteiger partial charge on any atom is 0.334 e. The molecular formula is C25H49O9P. The van der Waals surface area contributed by atoms with E-state index in [0.29, 0.717) is 38.9 Å². The van der Waals surface area contributed by atoms with Crippen LogP contribution >= 0.6 is 7.60 Å². The Labute approximate surface area is 211 Å². The molecule has 0 unspecified atom stereocenters. The molecule has 2 N–H and O–H groups in total. The van der Waals surface area contributed by atoms with Gasteiger partial charge in [-0.15, -0.1) is 0 Å². The predicted octanol–water partition coefficient (Wildman–Crippen LogP) is 6.28. The van der Waals surface area contributed by atoms with Gasteiger partial charge in [0.15, 0.2) is 0 Å². The summed E-state index contributed by atoms with van der Waals surface area (Å²) in [6.45, 7) is 19.0. The van der Waals surface area contributed by atoms with Crippen LogP contribution in [0.3, 0.4) is 0 Å². The van der Waals surface area contributed by atoms with Crippen molar-refractivity contribution >= 4 is 19.5 Å². The molecule has 0 bridgehead atoms. The van der Waals surface area contributed by atoms with E-state index in [2.05, 4.69) is 0 Å². The van der Waals surface area contributed by atoms with Crippen LogP contribution in [0.15, 0.2) is 0 Å². The molecule has 0 aromatic heterocycles. The molecular weight excluding hydrogens is 475 g/mol. The first kappa shape index (κ1) is 34.0. The molecule has 0 radical (unpaired) electrons. The number of ether oxygens (including phenoxy) is 2. The zero-order valence-corrected chi connectivity index (χ0v) is 24.3. The zero-order chi connectivity index (χ0) is 27.7. The van der Waals surface area contributed by atoms with Gasteiger partial charge in [0.2, 0.25) is 0 Å². The number of carboxylic acid groups (broad SMARTS) is 2. The molecule has 0 aliphatic rings. The van der Waals surface area contributed by atoms with Crippen molar-refractivity contribution in [2.45, 2.75) is 136 Å². The lowest BCUT2D eigenvalue weighted by atomic mass is 10.0. The highest BCUT2D eigenvalue weighted by molar-refractivity contribution is 7.54. The highest BCUT2D eigenvalue weighted by Crippen LogP contribution is 2.59. The Morgan fingerprint density at radius 1 is 0.657 bits per heavy atom. The van der Waals surface area contributed by atoms with Crippen LogP contribution in [0, 0.1) is 0 Å². The van der Waals surface area contributed by atoms with Crippen molar-refractivity contribution in [2.75, 3.05) is 13.2 Å². The summed E-state index contributed by atoms with van der Waals surface area (Å²) in [5.74, 6) is -1.73. The average molecular weight is 525 g/mol. The van der Waals surface area contributed by atoms with E-state index in [0.717, 1.165) is 0 Å². The normalized spacial score (nSPS) is 13.9. The summed E-state index contributed by atoms with van der Waals surface area (Å²) in [6.07, 6.45) is 1.73. The van der Waals surface area contributed by atoms with Gasteiger partial charge in [-0.05, 0) is 81.1 Å². The quantitative estimate of drug-likeness (QED) is 0.188. The van der Waals surface area contributed by atoms with Gasteiger partial charge in [-0.1, -0.05) is 13.8 Å². The van der Waals surface area contributed by atoms with E-state index in [1.54, 1.807) is 13.8 Å². The van der Waals surface area contributed by atoms with Gasteiger partial charge in [0.1, 0.15) is 0 Å². The number of hydrogen-bond donors (Lipinski definition) is 2. The summed E-state index contributed by atoms with van der Waals surface area (Å²) < 4.78 is 37.7. The van der Waals surface area contributed by atoms with Gasteiger partial charge >= 0.3 is 19.5 Å². The minimum Gasteiger partial charge on any atom is -0.481 e. The second-order valence-corrected chi connectivity index (χ2v) is 14.3. The second-order valence-electron chi connectivity index (χ2n) is 11.8. The largest absolute Gasteiger partial charge is 0.481 e. The summed E-state index contributed by atoms with van der Waals surface area (Å²) >= 11 is 0. The summed E-state index contributed by atoms with van der Waals surface area (Å²) in [4.78, 5) is 21.7. The molecule has 0 fully saturated rings. The van der Waals surface area contributed by atoms with E-state index in [-0.39, 0.29) is 18.5 Å². The van der Waals surface area contributed by atoms with Gasteiger partial charge in [0.05, 0.1) is 41.3 Å². The second kappa shape index (κ2) is 13.5. The maximum absolute atomic E-state index is 13.8. The fourth-order valence-corrected chi connectivity index (χ4v) is 5.14. The lowest BCUT2D eigenvalue weighted by Gasteiger charge is -2.38. The molecule has 0 heterocycles. The van der Waals surface area contributed by atoms with Crippen molar-refractivity contribution in [1.29, 1.82) is 0 Å². The van der Waals surface area contributed by atoms with E-state index in [1.807, 2.05) is 55.4 Å². The Hall–Kier alpha value is -0.990. The van der Waals surface area contributed by atoms with Gasteiger partial charge in [-0.25, -0.2) is 0 Å². The van der Waals surface area contributed by atoms with Crippen molar-refractivity contribution in [3.05, 3.63) is 0 Å². The molecule has 35 heavy (non-hydrogen) atoms. The molecule has 0 aliphatic carbocycles. The van der Waals surface area contributed by atoms with Crippen LogP contribution in [0.5, 0.6) is 0 Å². The smallest absolute Gasteiger partial charge is 0.334 e. The SMILES string of the molecule is CC(C)P(=O)(OC(C)(C)CCOC(C)(C)CCC(=O)O)OC(C)(C)CCOC(C)(C)CCC(=O)O. The summed E-state index contributed by atoms with van der Waals surface area (Å²) in [5.41, 5.74) is -3.15. The lowest BCUT2D eigenvalue weighted by Crippen LogP contribution is -2.34. The molecule has 208 valence electrons. The van der Waals surface area contributed by atoms with E-state index in [9.17, 15) is 14.2 Å². The Balaban J connectivity index is 4.99. The van der Waals surface area contributed by atoms with Crippen LogP contribution in [0.2, 0.25) is 0 Å². The Kier molecular flexibility index (Phi) is 13.1. The highest BCUT2D eigenvalue weighted by atomic mass is 31.2. The first-order chi connectivity index (χ1) is 15.6.